The molecule has 1 saturated heterocycles. The van der Waals surface area contributed by atoms with E-state index in [0.29, 0.717) is 22.0 Å². The van der Waals surface area contributed by atoms with Gasteiger partial charge in [0.15, 0.2) is 0 Å². The number of benzene rings is 1. The highest BCUT2D eigenvalue weighted by molar-refractivity contribution is 6.33. The van der Waals surface area contributed by atoms with Gasteiger partial charge in [0, 0.05) is 31.2 Å². The number of halogens is 3. The van der Waals surface area contributed by atoms with E-state index < -0.39 is 0 Å². The number of likely N-dealkylation sites (tertiary alicyclic amines) is 1. The first-order valence-electron chi connectivity index (χ1n) is 9.26. The lowest BCUT2D eigenvalue weighted by Gasteiger charge is -2.39. The fourth-order valence-corrected chi connectivity index (χ4v) is 4.20. The van der Waals surface area contributed by atoms with Crippen LogP contribution in [0.3, 0.4) is 0 Å². The second kappa shape index (κ2) is 11.2. The number of nitrogens with two attached hydrogens (primary N) is 1. The number of ether oxygens (including phenoxy) is 1. The van der Waals surface area contributed by atoms with Crippen molar-refractivity contribution in [3.05, 3.63) is 22.7 Å². The minimum atomic E-state index is -0.144. The van der Waals surface area contributed by atoms with Gasteiger partial charge in [0.2, 0.25) is 0 Å². The van der Waals surface area contributed by atoms with Gasteiger partial charge in [-0.2, -0.15) is 0 Å². The molecule has 1 aromatic rings. The molecule has 3 N–H and O–H groups in total. The van der Waals surface area contributed by atoms with Gasteiger partial charge in [0.1, 0.15) is 5.75 Å². The van der Waals surface area contributed by atoms with E-state index in [4.69, 9.17) is 22.1 Å². The van der Waals surface area contributed by atoms with Crippen LogP contribution in [0.4, 0.5) is 5.69 Å². The third-order valence-corrected chi connectivity index (χ3v) is 5.85. The number of nitrogen functional groups attached to an aromatic ring is 1. The Hall–Kier alpha value is -0.880. The summed E-state index contributed by atoms with van der Waals surface area (Å²) in [6.07, 6.45) is 8.75. The van der Waals surface area contributed by atoms with Crippen molar-refractivity contribution in [2.75, 3.05) is 25.9 Å². The third-order valence-electron chi connectivity index (χ3n) is 5.52. The Morgan fingerprint density at radius 3 is 2.37 bits per heavy atom. The number of nitrogens with zero attached hydrogens (tertiary/aromatic N) is 1. The van der Waals surface area contributed by atoms with Crippen molar-refractivity contribution in [2.45, 2.75) is 57.0 Å². The number of amides is 1. The zero-order valence-corrected chi connectivity index (χ0v) is 18.1. The Morgan fingerprint density at radius 1 is 1.15 bits per heavy atom. The molecule has 0 bridgehead atoms. The van der Waals surface area contributed by atoms with Crippen LogP contribution in [0.25, 0.3) is 0 Å². The molecule has 0 spiro atoms. The standard InChI is InChI=1S/C19H28ClN3O2.2ClH/c1-25-18-12-17(21)16(20)11-15(18)19(24)22-13-7-9-23(10-8-13)14-5-3-2-4-6-14;;/h11-14H,2-10,21H2,1H3,(H,22,24);2*1H. The smallest absolute Gasteiger partial charge is 0.255 e. The molecule has 0 atom stereocenters. The zero-order valence-electron chi connectivity index (χ0n) is 15.7. The topological polar surface area (TPSA) is 67.6 Å². The molecular formula is C19H30Cl3N3O2. The number of piperidine rings is 1. The Balaban J connectivity index is 0.00000182. The van der Waals surface area contributed by atoms with Crippen LogP contribution in [0.1, 0.15) is 55.3 Å². The first kappa shape index (κ1) is 24.2. The van der Waals surface area contributed by atoms with Crippen molar-refractivity contribution in [3.63, 3.8) is 0 Å². The summed E-state index contributed by atoms with van der Waals surface area (Å²) in [5.74, 6) is 0.314. The van der Waals surface area contributed by atoms with Gasteiger partial charge in [-0.1, -0.05) is 30.9 Å². The molecule has 0 aromatic heterocycles. The normalized spacial score (nSPS) is 18.9. The van der Waals surface area contributed by atoms with Crippen LogP contribution in [0.2, 0.25) is 5.02 Å². The maximum Gasteiger partial charge on any atom is 0.255 e. The molecule has 1 saturated carbocycles. The van der Waals surface area contributed by atoms with Crippen molar-refractivity contribution < 1.29 is 9.53 Å². The minimum absolute atomic E-state index is 0. The molecule has 8 heteroatoms. The monoisotopic (exact) mass is 437 g/mol. The fourth-order valence-electron chi connectivity index (χ4n) is 4.03. The molecule has 2 fully saturated rings. The quantitative estimate of drug-likeness (QED) is 0.688. The van der Waals surface area contributed by atoms with Gasteiger partial charge in [-0.3, -0.25) is 4.79 Å². The number of rotatable bonds is 4. The number of hydrogen-bond acceptors (Lipinski definition) is 4. The number of hydrogen-bond donors (Lipinski definition) is 2. The molecule has 3 rings (SSSR count). The second-order valence-electron chi connectivity index (χ2n) is 7.15. The highest BCUT2D eigenvalue weighted by Gasteiger charge is 2.27. The average molecular weight is 439 g/mol. The van der Waals surface area contributed by atoms with Crippen LogP contribution < -0.4 is 15.8 Å². The molecule has 27 heavy (non-hydrogen) atoms. The number of nitrogens with one attached hydrogen (secondary N) is 1. The van der Waals surface area contributed by atoms with Gasteiger partial charge in [-0.25, -0.2) is 0 Å². The van der Waals surface area contributed by atoms with E-state index in [1.54, 1.807) is 12.1 Å². The summed E-state index contributed by atoms with van der Waals surface area (Å²) in [7, 11) is 1.53. The molecule has 5 nitrogen and oxygen atoms in total. The summed E-state index contributed by atoms with van der Waals surface area (Å²) >= 11 is 6.07. The predicted octanol–water partition coefficient (Wildman–Crippen LogP) is 4.30. The van der Waals surface area contributed by atoms with E-state index in [1.807, 2.05) is 0 Å². The highest BCUT2D eigenvalue weighted by Crippen LogP contribution is 2.29. The predicted molar refractivity (Wildman–Crippen MR) is 116 cm³/mol. The SMILES string of the molecule is COc1cc(N)c(Cl)cc1C(=O)NC1CCN(C2CCCCC2)CC1.Cl.Cl. The lowest BCUT2D eigenvalue weighted by atomic mass is 9.92. The molecule has 2 aliphatic rings. The zero-order chi connectivity index (χ0) is 17.8. The van der Waals surface area contributed by atoms with Crippen LogP contribution in [-0.2, 0) is 0 Å². The van der Waals surface area contributed by atoms with Gasteiger partial charge < -0.3 is 20.7 Å². The molecule has 1 aliphatic heterocycles. The lowest BCUT2D eigenvalue weighted by Crippen LogP contribution is -2.48. The van der Waals surface area contributed by atoms with Crippen molar-refractivity contribution >= 4 is 48.0 Å². The first-order valence-corrected chi connectivity index (χ1v) is 9.64. The number of anilines is 1. The van der Waals surface area contributed by atoms with Crippen LogP contribution in [0.15, 0.2) is 12.1 Å². The fraction of sp³-hybridized carbons (Fsp3) is 0.632. The van der Waals surface area contributed by atoms with Crippen LogP contribution >= 0.6 is 36.4 Å². The summed E-state index contributed by atoms with van der Waals surface area (Å²) in [6, 6.07) is 4.14. The molecule has 154 valence electrons. The van der Waals surface area contributed by atoms with Crippen molar-refractivity contribution in [1.29, 1.82) is 0 Å². The van der Waals surface area contributed by atoms with Gasteiger partial charge in [0.05, 0.1) is 23.4 Å². The van der Waals surface area contributed by atoms with Gasteiger partial charge in [-0.05, 0) is 31.7 Å². The summed E-state index contributed by atoms with van der Waals surface area (Å²) in [5.41, 5.74) is 6.64. The third kappa shape index (κ3) is 6.05. The van der Waals surface area contributed by atoms with Crippen molar-refractivity contribution in [2.24, 2.45) is 0 Å². The summed E-state index contributed by atoms with van der Waals surface area (Å²) < 4.78 is 5.28. The minimum Gasteiger partial charge on any atom is -0.496 e. The van der Waals surface area contributed by atoms with Crippen LogP contribution in [0, 0.1) is 0 Å². The molecule has 1 heterocycles. The Bertz CT molecular complexity index is 616. The van der Waals surface area contributed by atoms with E-state index in [-0.39, 0.29) is 36.8 Å². The number of methoxy groups -OCH3 is 1. The van der Waals surface area contributed by atoms with Crippen LogP contribution in [-0.4, -0.2) is 43.1 Å². The summed E-state index contributed by atoms with van der Waals surface area (Å²) in [5, 5.41) is 3.51. The summed E-state index contributed by atoms with van der Waals surface area (Å²) in [4.78, 5) is 15.2. The largest absolute Gasteiger partial charge is 0.496 e. The van der Waals surface area contributed by atoms with E-state index >= 15 is 0 Å². The number of carbonyl (C=O) groups is 1. The van der Waals surface area contributed by atoms with Crippen LogP contribution in [0.5, 0.6) is 5.75 Å². The Morgan fingerprint density at radius 2 is 1.78 bits per heavy atom. The molecule has 0 radical (unpaired) electrons. The first-order chi connectivity index (χ1) is 12.1. The second-order valence-corrected chi connectivity index (χ2v) is 7.56. The molecule has 0 unspecified atom stereocenters. The molecular weight excluding hydrogens is 409 g/mol. The van der Waals surface area contributed by atoms with E-state index in [1.165, 1.54) is 39.2 Å². The molecule has 1 aromatic carbocycles. The Labute approximate surface area is 179 Å². The van der Waals surface area contributed by atoms with E-state index in [9.17, 15) is 4.79 Å². The van der Waals surface area contributed by atoms with Gasteiger partial charge in [-0.15, -0.1) is 24.8 Å². The number of carbonyl (C=O) groups excluding carboxylic acids is 1. The average Bonchev–Trinajstić information content (AvgIpc) is 2.65. The Kier molecular flexibility index (Phi) is 10.0. The highest BCUT2D eigenvalue weighted by atomic mass is 35.5. The maximum absolute atomic E-state index is 12.6. The molecule has 1 aliphatic carbocycles. The maximum atomic E-state index is 12.6. The van der Waals surface area contributed by atoms with E-state index in [0.717, 1.165) is 32.0 Å². The van der Waals surface area contributed by atoms with Crippen molar-refractivity contribution in [1.82, 2.24) is 10.2 Å². The lowest BCUT2D eigenvalue weighted by molar-refractivity contribution is 0.0863. The molecule has 1 amide bonds. The van der Waals surface area contributed by atoms with Crippen molar-refractivity contribution in [3.8, 4) is 5.75 Å². The van der Waals surface area contributed by atoms with E-state index in [2.05, 4.69) is 10.2 Å². The van der Waals surface area contributed by atoms with Gasteiger partial charge in [0.25, 0.3) is 5.91 Å². The summed E-state index contributed by atoms with van der Waals surface area (Å²) in [6.45, 7) is 2.13. The van der Waals surface area contributed by atoms with Gasteiger partial charge >= 0.3 is 0 Å².